The largest absolute Gasteiger partial charge is 0.465 e. The van der Waals surface area contributed by atoms with Gasteiger partial charge in [0.05, 0.1) is 23.4 Å². The zero-order valence-electron chi connectivity index (χ0n) is 11.3. The molecular weight excluding hydrogens is 306 g/mol. The molecule has 1 atom stereocenters. The number of hydrogen-bond donors (Lipinski definition) is 0. The van der Waals surface area contributed by atoms with Crippen LogP contribution in [-0.4, -0.2) is 63.1 Å². The van der Waals surface area contributed by atoms with E-state index in [-0.39, 0.29) is 37.1 Å². The van der Waals surface area contributed by atoms with Crippen molar-refractivity contribution in [3.05, 3.63) is 0 Å². The molecule has 20 heavy (non-hydrogen) atoms. The van der Waals surface area contributed by atoms with Crippen molar-refractivity contribution in [1.82, 2.24) is 4.31 Å². The number of carbonyl (C=O) groups excluding carboxylic acids is 1. The Morgan fingerprint density at radius 1 is 1.30 bits per heavy atom. The van der Waals surface area contributed by atoms with E-state index in [1.54, 1.807) is 6.92 Å². The fourth-order valence-corrected chi connectivity index (χ4v) is 7.02. The summed E-state index contributed by atoms with van der Waals surface area (Å²) in [7, 11) is -7.05. The van der Waals surface area contributed by atoms with Gasteiger partial charge in [0.1, 0.15) is 6.54 Å². The fourth-order valence-electron chi connectivity index (χ4n) is 2.31. The maximum absolute atomic E-state index is 12.5. The molecule has 2 aliphatic rings. The lowest BCUT2D eigenvalue weighted by Gasteiger charge is -2.23. The number of sulfonamides is 1. The van der Waals surface area contributed by atoms with Crippen LogP contribution in [0.5, 0.6) is 0 Å². The van der Waals surface area contributed by atoms with Gasteiger partial charge in [-0.3, -0.25) is 4.79 Å². The Balaban J connectivity index is 2.14. The van der Waals surface area contributed by atoms with Crippen LogP contribution in [0.1, 0.15) is 26.2 Å². The molecule has 7 nitrogen and oxygen atoms in total. The number of ether oxygens (including phenoxy) is 1. The summed E-state index contributed by atoms with van der Waals surface area (Å²) in [6, 6.07) is -0.187. The average Bonchev–Trinajstić information content (AvgIpc) is 3.10. The summed E-state index contributed by atoms with van der Waals surface area (Å²) >= 11 is 0. The molecule has 0 bridgehead atoms. The lowest BCUT2D eigenvalue weighted by molar-refractivity contribution is -0.143. The predicted octanol–water partition coefficient (Wildman–Crippen LogP) is -0.469. The number of nitrogens with zero attached hydrogens (tertiary/aromatic N) is 1. The lowest BCUT2D eigenvalue weighted by atomic mass is 10.4. The predicted molar refractivity (Wildman–Crippen MR) is 72.3 cm³/mol. The molecule has 0 N–H and O–H groups in total. The van der Waals surface area contributed by atoms with Gasteiger partial charge in [-0.15, -0.1) is 0 Å². The molecule has 0 amide bonds. The Morgan fingerprint density at radius 2 is 1.95 bits per heavy atom. The third kappa shape index (κ3) is 3.50. The molecule has 1 saturated heterocycles. The second kappa shape index (κ2) is 5.61. The second-order valence-corrected chi connectivity index (χ2v) is 9.55. The van der Waals surface area contributed by atoms with Gasteiger partial charge in [0.25, 0.3) is 0 Å². The van der Waals surface area contributed by atoms with Crippen LogP contribution >= 0.6 is 0 Å². The van der Waals surface area contributed by atoms with E-state index in [9.17, 15) is 21.6 Å². The molecule has 1 unspecified atom stereocenters. The highest BCUT2D eigenvalue weighted by Gasteiger charge is 2.46. The van der Waals surface area contributed by atoms with Gasteiger partial charge in [0, 0.05) is 6.04 Å². The van der Waals surface area contributed by atoms with Crippen LogP contribution in [0.15, 0.2) is 0 Å². The Kier molecular flexibility index (Phi) is 4.41. The van der Waals surface area contributed by atoms with E-state index in [0.717, 1.165) is 4.31 Å². The van der Waals surface area contributed by atoms with Crippen molar-refractivity contribution in [2.75, 3.05) is 24.7 Å². The van der Waals surface area contributed by atoms with Gasteiger partial charge in [-0.05, 0) is 26.2 Å². The zero-order valence-corrected chi connectivity index (χ0v) is 13.0. The van der Waals surface area contributed by atoms with Gasteiger partial charge in [-0.25, -0.2) is 16.8 Å². The van der Waals surface area contributed by atoms with E-state index in [1.165, 1.54) is 0 Å². The molecule has 0 spiro atoms. The molecule has 9 heteroatoms. The number of carbonyl (C=O) groups is 1. The maximum atomic E-state index is 12.5. The highest BCUT2D eigenvalue weighted by atomic mass is 32.2. The van der Waals surface area contributed by atoms with E-state index < -0.39 is 31.1 Å². The van der Waals surface area contributed by atoms with Crippen molar-refractivity contribution in [3.8, 4) is 0 Å². The summed E-state index contributed by atoms with van der Waals surface area (Å²) in [5.41, 5.74) is 0. The standard InChI is InChI=1S/C11H19NO6S2/c1-2-18-11(13)7-12(9-3-4-9)20(16,17)10-5-6-19(14,15)8-10/h9-10H,2-8H2,1H3. The summed E-state index contributed by atoms with van der Waals surface area (Å²) in [6.07, 6.45) is 1.52. The van der Waals surface area contributed by atoms with Gasteiger partial charge in [-0.1, -0.05) is 0 Å². The SMILES string of the molecule is CCOC(=O)CN(C1CC1)S(=O)(=O)C1CCS(=O)(=O)C1. The van der Waals surface area contributed by atoms with E-state index in [4.69, 9.17) is 4.74 Å². The maximum Gasteiger partial charge on any atom is 0.321 e. The minimum Gasteiger partial charge on any atom is -0.465 e. The van der Waals surface area contributed by atoms with Crippen LogP contribution in [0.2, 0.25) is 0 Å². The number of hydrogen-bond acceptors (Lipinski definition) is 6. The van der Waals surface area contributed by atoms with Crippen molar-refractivity contribution in [2.24, 2.45) is 0 Å². The molecule has 1 aliphatic heterocycles. The van der Waals surface area contributed by atoms with Gasteiger partial charge in [0.15, 0.2) is 9.84 Å². The highest BCUT2D eigenvalue weighted by molar-refractivity contribution is 7.95. The molecule has 1 saturated carbocycles. The lowest BCUT2D eigenvalue weighted by Crippen LogP contribution is -2.44. The summed E-state index contributed by atoms with van der Waals surface area (Å²) in [4.78, 5) is 11.5. The van der Waals surface area contributed by atoms with Crippen LogP contribution in [0.3, 0.4) is 0 Å². The Hall–Kier alpha value is -0.670. The quantitative estimate of drug-likeness (QED) is 0.612. The number of sulfone groups is 1. The first-order valence-corrected chi connectivity index (χ1v) is 9.95. The van der Waals surface area contributed by atoms with Crippen LogP contribution in [0.4, 0.5) is 0 Å². The van der Waals surface area contributed by atoms with Gasteiger partial charge < -0.3 is 4.74 Å². The monoisotopic (exact) mass is 325 g/mol. The van der Waals surface area contributed by atoms with Gasteiger partial charge >= 0.3 is 5.97 Å². The van der Waals surface area contributed by atoms with Crippen molar-refractivity contribution in [1.29, 1.82) is 0 Å². The molecular formula is C11H19NO6S2. The molecule has 1 heterocycles. The first kappa shape index (κ1) is 15.7. The normalized spacial score (nSPS) is 25.8. The van der Waals surface area contributed by atoms with Crippen molar-refractivity contribution < 1.29 is 26.4 Å². The molecule has 2 rings (SSSR count). The molecule has 1 aliphatic carbocycles. The fraction of sp³-hybridized carbons (Fsp3) is 0.909. The third-order valence-corrected chi connectivity index (χ3v) is 7.79. The van der Waals surface area contributed by atoms with E-state index >= 15 is 0 Å². The first-order chi connectivity index (χ1) is 9.26. The number of rotatable bonds is 6. The van der Waals surface area contributed by atoms with E-state index in [1.807, 2.05) is 0 Å². The van der Waals surface area contributed by atoms with Gasteiger partial charge in [-0.2, -0.15) is 4.31 Å². The minimum absolute atomic E-state index is 0.102. The molecule has 2 fully saturated rings. The summed E-state index contributed by atoms with van der Waals surface area (Å²) in [5, 5.41) is -0.928. The zero-order chi connectivity index (χ0) is 15.0. The summed E-state index contributed by atoms with van der Waals surface area (Å²) in [6.45, 7) is 1.52. The van der Waals surface area contributed by atoms with E-state index in [2.05, 4.69) is 0 Å². The second-order valence-electron chi connectivity index (χ2n) is 5.15. The van der Waals surface area contributed by atoms with Crippen LogP contribution in [0.25, 0.3) is 0 Å². The summed E-state index contributed by atoms with van der Waals surface area (Å²) in [5.74, 6) is -1.04. The Labute approximate surface area is 119 Å². The molecule has 116 valence electrons. The topological polar surface area (TPSA) is 97.8 Å². The molecule has 0 aromatic rings. The molecule has 0 aromatic carbocycles. The van der Waals surface area contributed by atoms with Crippen molar-refractivity contribution in [3.63, 3.8) is 0 Å². The van der Waals surface area contributed by atoms with Crippen LogP contribution < -0.4 is 0 Å². The third-order valence-electron chi connectivity index (χ3n) is 3.48. The first-order valence-electron chi connectivity index (χ1n) is 6.63. The highest BCUT2D eigenvalue weighted by Crippen LogP contribution is 2.33. The van der Waals surface area contributed by atoms with Crippen LogP contribution in [0, 0.1) is 0 Å². The van der Waals surface area contributed by atoms with Gasteiger partial charge in [0.2, 0.25) is 10.0 Å². The van der Waals surface area contributed by atoms with E-state index in [0.29, 0.717) is 12.8 Å². The Bertz CT molecular complexity index is 578. The summed E-state index contributed by atoms with van der Waals surface area (Å²) < 4.78 is 53.8. The van der Waals surface area contributed by atoms with Crippen LogP contribution in [-0.2, 0) is 29.4 Å². The molecule has 0 radical (unpaired) electrons. The minimum atomic E-state index is -3.77. The Morgan fingerprint density at radius 3 is 2.40 bits per heavy atom. The molecule has 0 aromatic heterocycles. The van der Waals surface area contributed by atoms with Crippen molar-refractivity contribution in [2.45, 2.75) is 37.5 Å². The number of esters is 1. The smallest absolute Gasteiger partial charge is 0.321 e. The van der Waals surface area contributed by atoms with Crippen molar-refractivity contribution >= 4 is 25.8 Å². The average molecular weight is 325 g/mol.